The zero-order chi connectivity index (χ0) is 13.7. The van der Waals surface area contributed by atoms with Gasteiger partial charge in [0.1, 0.15) is 0 Å². The van der Waals surface area contributed by atoms with Crippen molar-refractivity contribution >= 4 is 38.9 Å². The maximum Gasteiger partial charge on any atom is 0.0406 e. The maximum absolute atomic E-state index is 5.94. The molecule has 1 nitrogen and oxygen atoms in total. The van der Waals surface area contributed by atoms with E-state index >= 15 is 0 Å². The van der Waals surface area contributed by atoms with Crippen LogP contribution in [-0.2, 0) is 6.42 Å². The highest BCUT2D eigenvalue weighted by Crippen LogP contribution is 2.29. The summed E-state index contributed by atoms with van der Waals surface area (Å²) in [6.07, 6.45) is 2.12. The summed E-state index contributed by atoms with van der Waals surface area (Å²) in [6, 6.07) is 8.46. The number of thiophene rings is 1. The summed E-state index contributed by atoms with van der Waals surface area (Å²) < 4.78 is 1.19. The molecule has 1 heterocycles. The highest BCUT2D eigenvalue weighted by atomic mass is 79.9. The number of hydrogen-bond donors (Lipinski definition) is 1. The summed E-state index contributed by atoms with van der Waals surface area (Å²) in [7, 11) is 0. The molecule has 0 saturated carbocycles. The van der Waals surface area contributed by atoms with E-state index in [4.69, 9.17) is 11.6 Å². The van der Waals surface area contributed by atoms with E-state index in [-0.39, 0.29) is 0 Å². The van der Waals surface area contributed by atoms with Crippen LogP contribution in [0.4, 0.5) is 0 Å². The molecule has 0 aliphatic rings. The highest BCUT2D eigenvalue weighted by molar-refractivity contribution is 9.10. The summed E-state index contributed by atoms with van der Waals surface area (Å²) >= 11 is 11.3. The second kappa shape index (κ2) is 7.44. The first-order valence-corrected chi connectivity index (χ1v) is 8.51. The van der Waals surface area contributed by atoms with Crippen molar-refractivity contribution in [2.75, 3.05) is 6.54 Å². The SMILES string of the molecule is CCCNC(Cc1ccc(Cl)cc1)c1cscc1Br. The Balaban J connectivity index is 2.14. The van der Waals surface area contributed by atoms with Crippen LogP contribution in [0.15, 0.2) is 39.5 Å². The minimum absolute atomic E-state index is 0.349. The van der Waals surface area contributed by atoms with Gasteiger partial charge in [-0.1, -0.05) is 30.7 Å². The average molecular weight is 359 g/mol. The van der Waals surface area contributed by atoms with Crippen LogP contribution < -0.4 is 5.32 Å². The standard InChI is InChI=1S/C15H17BrClNS/c1-2-7-18-15(13-9-19-10-14(13)16)8-11-3-5-12(17)6-4-11/h3-6,9-10,15,18H,2,7-8H2,1H3. The molecule has 1 aromatic carbocycles. The predicted molar refractivity (Wildman–Crippen MR) is 88.2 cm³/mol. The lowest BCUT2D eigenvalue weighted by atomic mass is 10.0. The molecule has 1 N–H and O–H groups in total. The number of benzene rings is 1. The molecule has 0 amide bonds. The summed E-state index contributed by atoms with van der Waals surface area (Å²) in [5.74, 6) is 0. The fraction of sp³-hybridized carbons (Fsp3) is 0.333. The van der Waals surface area contributed by atoms with Gasteiger partial charge in [0.2, 0.25) is 0 Å². The smallest absolute Gasteiger partial charge is 0.0406 e. The molecule has 19 heavy (non-hydrogen) atoms. The van der Waals surface area contributed by atoms with Crippen molar-refractivity contribution < 1.29 is 0 Å². The average Bonchev–Trinajstić information content (AvgIpc) is 2.83. The normalized spacial score (nSPS) is 12.6. The molecule has 0 aliphatic heterocycles. The van der Waals surface area contributed by atoms with Gasteiger partial charge in [0.25, 0.3) is 0 Å². The lowest BCUT2D eigenvalue weighted by Crippen LogP contribution is -2.24. The Bertz CT molecular complexity index is 509. The number of rotatable bonds is 6. The summed E-state index contributed by atoms with van der Waals surface area (Å²) in [5, 5.41) is 8.76. The Labute approximate surface area is 132 Å². The number of nitrogens with one attached hydrogen (secondary N) is 1. The van der Waals surface area contributed by atoms with E-state index in [2.05, 4.69) is 51.1 Å². The van der Waals surface area contributed by atoms with Crippen molar-refractivity contribution in [2.45, 2.75) is 25.8 Å². The molecule has 1 aromatic heterocycles. The molecule has 0 bridgehead atoms. The lowest BCUT2D eigenvalue weighted by molar-refractivity contribution is 0.529. The van der Waals surface area contributed by atoms with Gasteiger partial charge in [0.15, 0.2) is 0 Å². The van der Waals surface area contributed by atoms with Gasteiger partial charge in [-0.25, -0.2) is 0 Å². The fourth-order valence-electron chi connectivity index (χ4n) is 2.01. The highest BCUT2D eigenvalue weighted by Gasteiger charge is 2.15. The van der Waals surface area contributed by atoms with Crippen molar-refractivity contribution in [1.29, 1.82) is 0 Å². The Morgan fingerprint density at radius 2 is 2.00 bits per heavy atom. The van der Waals surface area contributed by atoms with Crippen LogP contribution in [0.25, 0.3) is 0 Å². The van der Waals surface area contributed by atoms with Gasteiger partial charge in [-0.15, -0.1) is 0 Å². The van der Waals surface area contributed by atoms with E-state index in [1.165, 1.54) is 15.6 Å². The van der Waals surface area contributed by atoms with E-state index in [0.717, 1.165) is 24.4 Å². The Morgan fingerprint density at radius 3 is 2.58 bits per heavy atom. The molecule has 0 radical (unpaired) electrons. The molecule has 1 unspecified atom stereocenters. The molecule has 1 atom stereocenters. The van der Waals surface area contributed by atoms with Gasteiger partial charge in [0, 0.05) is 20.9 Å². The van der Waals surface area contributed by atoms with Gasteiger partial charge in [0.05, 0.1) is 0 Å². The maximum atomic E-state index is 5.94. The van der Waals surface area contributed by atoms with Crippen LogP contribution in [0.3, 0.4) is 0 Å². The van der Waals surface area contributed by atoms with Gasteiger partial charge < -0.3 is 5.32 Å². The van der Waals surface area contributed by atoms with Crippen LogP contribution in [0, 0.1) is 0 Å². The van der Waals surface area contributed by atoms with Crippen LogP contribution in [0.5, 0.6) is 0 Å². The van der Waals surface area contributed by atoms with Crippen molar-refractivity contribution in [2.24, 2.45) is 0 Å². The van der Waals surface area contributed by atoms with Crippen molar-refractivity contribution in [3.8, 4) is 0 Å². The van der Waals surface area contributed by atoms with E-state index in [1.54, 1.807) is 11.3 Å². The lowest BCUT2D eigenvalue weighted by Gasteiger charge is -2.18. The van der Waals surface area contributed by atoms with Gasteiger partial charge in [-0.3, -0.25) is 0 Å². The first-order chi connectivity index (χ1) is 9.20. The molecule has 0 aliphatic carbocycles. The number of hydrogen-bond acceptors (Lipinski definition) is 2. The van der Waals surface area contributed by atoms with E-state index in [9.17, 15) is 0 Å². The number of halogens is 2. The topological polar surface area (TPSA) is 12.0 Å². The minimum atomic E-state index is 0.349. The third-order valence-electron chi connectivity index (χ3n) is 3.01. The molecule has 0 spiro atoms. The third kappa shape index (κ3) is 4.32. The Kier molecular flexibility index (Phi) is 5.89. The molecule has 102 valence electrons. The van der Waals surface area contributed by atoms with Gasteiger partial charge in [-0.2, -0.15) is 11.3 Å². The minimum Gasteiger partial charge on any atom is -0.310 e. The molecular weight excluding hydrogens is 342 g/mol. The molecule has 0 saturated heterocycles. The first kappa shape index (κ1) is 15.0. The molecular formula is C15H17BrClNS. The molecule has 2 aromatic rings. The monoisotopic (exact) mass is 357 g/mol. The van der Waals surface area contributed by atoms with Crippen LogP contribution in [-0.4, -0.2) is 6.54 Å². The van der Waals surface area contributed by atoms with Crippen molar-refractivity contribution in [3.63, 3.8) is 0 Å². The molecule has 4 heteroatoms. The summed E-state index contributed by atoms with van der Waals surface area (Å²) in [5.41, 5.74) is 2.64. The van der Waals surface area contributed by atoms with E-state index in [1.807, 2.05) is 12.1 Å². The van der Waals surface area contributed by atoms with Crippen molar-refractivity contribution in [1.82, 2.24) is 5.32 Å². The Hall–Kier alpha value is -0.350. The molecule has 0 fully saturated rings. The quantitative estimate of drug-likeness (QED) is 0.724. The van der Waals surface area contributed by atoms with Crippen LogP contribution in [0.1, 0.15) is 30.5 Å². The van der Waals surface area contributed by atoms with E-state index in [0.29, 0.717) is 6.04 Å². The third-order valence-corrected chi connectivity index (χ3v) is 5.02. The molecule has 2 rings (SSSR count). The Morgan fingerprint density at radius 1 is 1.26 bits per heavy atom. The predicted octanol–water partition coefficient (Wildman–Crippen LogP) is 5.45. The summed E-state index contributed by atoms with van der Waals surface area (Å²) in [6.45, 7) is 3.22. The van der Waals surface area contributed by atoms with Crippen LogP contribution in [0.2, 0.25) is 5.02 Å². The van der Waals surface area contributed by atoms with E-state index < -0.39 is 0 Å². The van der Waals surface area contributed by atoms with Crippen LogP contribution >= 0.6 is 38.9 Å². The second-order valence-electron chi connectivity index (χ2n) is 4.51. The summed E-state index contributed by atoms with van der Waals surface area (Å²) in [4.78, 5) is 0. The van der Waals surface area contributed by atoms with Gasteiger partial charge in [-0.05, 0) is 64.0 Å². The zero-order valence-corrected chi connectivity index (χ0v) is 14.0. The van der Waals surface area contributed by atoms with Gasteiger partial charge >= 0.3 is 0 Å². The largest absolute Gasteiger partial charge is 0.310 e. The second-order valence-corrected chi connectivity index (χ2v) is 6.55. The first-order valence-electron chi connectivity index (χ1n) is 6.40. The van der Waals surface area contributed by atoms with Crippen molar-refractivity contribution in [3.05, 3.63) is 55.6 Å². The fourth-order valence-corrected chi connectivity index (χ4v) is 3.76. The zero-order valence-electron chi connectivity index (χ0n) is 10.8.